The lowest BCUT2D eigenvalue weighted by Gasteiger charge is -2.06. The number of pyridine rings is 1. The van der Waals surface area contributed by atoms with Crippen LogP contribution in [0.15, 0.2) is 77.8 Å². The van der Waals surface area contributed by atoms with Gasteiger partial charge in [-0.15, -0.1) is 0 Å². The molecule has 24 heavy (non-hydrogen) atoms. The molecule has 0 aliphatic heterocycles. The van der Waals surface area contributed by atoms with Crippen LogP contribution in [0.5, 0.6) is 0 Å². The molecule has 0 aliphatic carbocycles. The molecule has 0 saturated heterocycles. The Morgan fingerprint density at radius 2 is 1.62 bits per heavy atom. The van der Waals surface area contributed by atoms with Crippen LogP contribution in [-0.2, 0) is 0 Å². The quantitative estimate of drug-likeness (QED) is 0.394. The highest BCUT2D eigenvalue weighted by Gasteiger charge is 2.14. The Labute approximate surface area is 139 Å². The van der Waals surface area contributed by atoms with Crippen LogP contribution in [-0.4, -0.2) is 15.6 Å². The zero-order chi connectivity index (χ0) is 16.9. The summed E-state index contributed by atoms with van der Waals surface area (Å²) in [5.41, 5.74) is 3.29. The highest BCUT2D eigenvalue weighted by Crippen LogP contribution is 2.24. The topological polar surface area (TPSA) is 68.4 Å². The Balaban J connectivity index is 2.09. The molecule has 1 heterocycles. The summed E-state index contributed by atoms with van der Waals surface area (Å²) in [5.74, 6) is 0. The fourth-order valence-corrected chi connectivity index (χ4v) is 2.32. The van der Waals surface area contributed by atoms with E-state index in [1.165, 1.54) is 12.1 Å². The van der Waals surface area contributed by atoms with Gasteiger partial charge in [0.05, 0.1) is 27.7 Å². The minimum absolute atomic E-state index is 0.00136. The highest BCUT2D eigenvalue weighted by atomic mass is 16.6. The summed E-state index contributed by atoms with van der Waals surface area (Å²) in [6.07, 6.45) is 0. The summed E-state index contributed by atoms with van der Waals surface area (Å²) >= 11 is 0. The van der Waals surface area contributed by atoms with Gasteiger partial charge in [0.2, 0.25) is 0 Å². The van der Waals surface area contributed by atoms with Gasteiger partial charge in [0.15, 0.2) is 0 Å². The van der Waals surface area contributed by atoms with Crippen molar-refractivity contribution in [3.8, 4) is 11.3 Å². The van der Waals surface area contributed by atoms with Crippen molar-refractivity contribution in [3.63, 3.8) is 0 Å². The molecule has 118 valence electrons. The molecule has 0 spiro atoms. The third-order valence-electron chi connectivity index (χ3n) is 3.51. The van der Waals surface area contributed by atoms with E-state index in [1.807, 2.05) is 60.7 Å². The first kappa shape index (κ1) is 15.6. The van der Waals surface area contributed by atoms with Gasteiger partial charge >= 0.3 is 0 Å². The lowest BCUT2D eigenvalue weighted by Crippen LogP contribution is -2.02. The smallest absolute Gasteiger partial charge is 0.258 e. The number of nitrogens with zero attached hydrogens (tertiary/aromatic N) is 3. The maximum absolute atomic E-state index is 11.3. The number of benzene rings is 2. The second-order valence-electron chi connectivity index (χ2n) is 5.25. The van der Waals surface area contributed by atoms with Crippen LogP contribution in [0.25, 0.3) is 11.3 Å². The lowest BCUT2D eigenvalue weighted by molar-refractivity contribution is -0.384. The van der Waals surface area contributed by atoms with Crippen LogP contribution in [0, 0.1) is 10.1 Å². The van der Waals surface area contributed by atoms with E-state index in [1.54, 1.807) is 6.92 Å². The normalized spacial score (nSPS) is 11.3. The SMILES string of the molecule is CC(=Nc1ccccc1)c1cc([N+](=O)[O-])cc(-c2ccccc2)n1. The van der Waals surface area contributed by atoms with Gasteiger partial charge in [-0.1, -0.05) is 48.5 Å². The molecule has 5 heteroatoms. The summed E-state index contributed by atoms with van der Waals surface area (Å²) in [4.78, 5) is 19.9. The van der Waals surface area contributed by atoms with Gasteiger partial charge in [-0.25, -0.2) is 4.98 Å². The predicted octanol–water partition coefficient (Wildman–Crippen LogP) is 4.80. The minimum Gasteiger partial charge on any atom is -0.258 e. The molecule has 3 aromatic rings. The van der Waals surface area contributed by atoms with Crippen molar-refractivity contribution in [1.29, 1.82) is 0 Å². The van der Waals surface area contributed by atoms with Gasteiger partial charge in [-0.3, -0.25) is 15.1 Å². The lowest BCUT2D eigenvalue weighted by atomic mass is 10.1. The van der Waals surface area contributed by atoms with E-state index in [4.69, 9.17) is 0 Å². The third-order valence-corrected chi connectivity index (χ3v) is 3.51. The molecular formula is C19H15N3O2. The van der Waals surface area contributed by atoms with Gasteiger partial charge in [0, 0.05) is 17.7 Å². The van der Waals surface area contributed by atoms with Crippen molar-refractivity contribution in [3.05, 3.63) is 88.6 Å². The Morgan fingerprint density at radius 1 is 1.00 bits per heavy atom. The van der Waals surface area contributed by atoms with Crippen LogP contribution in [0.4, 0.5) is 11.4 Å². The molecule has 0 aliphatic rings. The van der Waals surface area contributed by atoms with E-state index < -0.39 is 4.92 Å². The standard InChI is InChI=1S/C19H15N3O2/c1-14(20-16-10-6-3-7-11-16)18-12-17(22(23)24)13-19(21-18)15-8-4-2-5-9-15/h2-13H,1H3. The van der Waals surface area contributed by atoms with Gasteiger partial charge in [0.25, 0.3) is 5.69 Å². The van der Waals surface area contributed by atoms with Gasteiger partial charge in [0.1, 0.15) is 0 Å². The van der Waals surface area contributed by atoms with Gasteiger partial charge in [-0.2, -0.15) is 0 Å². The summed E-state index contributed by atoms with van der Waals surface area (Å²) in [6.45, 7) is 1.80. The Morgan fingerprint density at radius 3 is 2.25 bits per heavy atom. The molecule has 0 unspecified atom stereocenters. The number of aliphatic imine (C=N–C) groups is 1. The van der Waals surface area contributed by atoms with Crippen molar-refractivity contribution < 1.29 is 4.92 Å². The molecule has 0 bridgehead atoms. The molecule has 0 saturated carbocycles. The van der Waals surface area contributed by atoms with Crippen LogP contribution < -0.4 is 0 Å². The largest absolute Gasteiger partial charge is 0.273 e. The Kier molecular flexibility index (Phi) is 4.43. The first-order valence-electron chi connectivity index (χ1n) is 7.46. The van der Waals surface area contributed by atoms with Crippen molar-refractivity contribution in [1.82, 2.24) is 4.98 Å². The number of rotatable bonds is 4. The molecular weight excluding hydrogens is 302 g/mol. The van der Waals surface area contributed by atoms with E-state index in [0.29, 0.717) is 17.1 Å². The zero-order valence-corrected chi connectivity index (χ0v) is 13.1. The van der Waals surface area contributed by atoms with Crippen molar-refractivity contribution in [2.24, 2.45) is 4.99 Å². The van der Waals surface area contributed by atoms with E-state index in [9.17, 15) is 10.1 Å². The number of nitro groups is 1. The highest BCUT2D eigenvalue weighted by molar-refractivity contribution is 5.99. The maximum atomic E-state index is 11.3. The monoisotopic (exact) mass is 317 g/mol. The first-order chi connectivity index (χ1) is 11.6. The van der Waals surface area contributed by atoms with E-state index in [2.05, 4.69) is 9.98 Å². The maximum Gasteiger partial charge on any atom is 0.273 e. The third kappa shape index (κ3) is 3.52. The molecule has 5 nitrogen and oxygen atoms in total. The molecule has 0 amide bonds. The van der Waals surface area contributed by atoms with Crippen LogP contribution in [0.2, 0.25) is 0 Å². The molecule has 0 fully saturated rings. The average molecular weight is 317 g/mol. The van der Waals surface area contributed by atoms with Crippen molar-refractivity contribution >= 4 is 17.1 Å². The number of aromatic nitrogens is 1. The predicted molar refractivity (Wildman–Crippen MR) is 94.6 cm³/mol. The van der Waals surface area contributed by atoms with Crippen LogP contribution in [0.3, 0.4) is 0 Å². The van der Waals surface area contributed by atoms with Crippen molar-refractivity contribution in [2.75, 3.05) is 0 Å². The molecule has 0 N–H and O–H groups in total. The van der Waals surface area contributed by atoms with Crippen molar-refractivity contribution in [2.45, 2.75) is 6.92 Å². The Hall–Kier alpha value is -3.34. The minimum atomic E-state index is -0.409. The first-order valence-corrected chi connectivity index (χ1v) is 7.46. The number of hydrogen-bond acceptors (Lipinski definition) is 4. The molecule has 0 radical (unpaired) electrons. The van der Waals surface area contributed by atoms with E-state index in [0.717, 1.165) is 11.3 Å². The average Bonchev–Trinajstić information content (AvgIpc) is 2.63. The summed E-state index contributed by atoms with van der Waals surface area (Å²) in [7, 11) is 0. The van der Waals surface area contributed by atoms with Crippen LogP contribution in [0.1, 0.15) is 12.6 Å². The fourth-order valence-electron chi connectivity index (χ4n) is 2.32. The summed E-state index contributed by atoms with van der Waals surface area (Å²) < 4.78 is 0. The number of hydrogen-bond donors (Lipinski definition) is 0. The fraction of sp³-hybridized carbons (Fsp3) is 0.0526. The molecule has 0 atom stereocenters. The Bertz CT molecular complexity index is 891. The van der Waals surface area contributed by atoms with E-state index in [-0.39, 0.29) is 5.69 Å². The van der Waals surface area contributed by atoms with Crippen LogP contribution >= 0.6 is 0 Å². The molecule has 3 rings (SSSR count). The second kappa shape index (κ2) is 6.83. The second-order valence-corrected chi connectivity index (χ2v) is 5.25. The summed E-state index contributed by atoms with van der Waals surface area (Å²) in [6, 6.07) is 21.8. The zero-order valence-electron chi connectivity index (χ0n) is 13.1. The van der Waals surface area contributed by atoms with E-state index >= 15 is 0 Å². The molecule has 1 aromatic heterocycles. The van der Waals surface area contributed by atoms with Gasteiger partial charge < -0.3 is 0 Å². The number of para-hydroxylation sites is 1. The molecule has 2 aromatic carbocycles. The summed E-state index contributed by atoms with van der Waals surface area (Å²) in [5, 5.41) is 11.3. The van der Waals surface area contributed by atoms with Gasteiger partial charge in [-0.05, 0) is 19.1 Å².